The fourth-order valence-corrected chi connectivity index (χ4v) is 4.67. The maximum Gasteiger partial charge on any atom is 0.317 e. The van der Waals surface area contributed by atoms with Crippen LogP contribution >= 0.6 is 0 Å². The Labute approximate surface area is 190 Å². The van der Waals surface area contributed by atoms with Gasteiger partial charge in [0, 0.05) is 51.2 Å². The molecule has 1 aromatic heterocycles. The zero-order chi connectivity index (χ0) is 22.3. The third kappa shape index (κ3) is 6.09. The largest absolute Gasteiger partial charge is 0.352 e. The summed E-state index contributed by atoms with van der Waals surface area (Å²) < 4.78 is 1.80. The number of hydrogen-bond donors (Lipinski definition) is 2. The van der Waals surface area contributed by atoms with Crippen molar-refractivity contribution in [2.45, 2.75) is 45.2 Å². The molecule has 3 amide bonds. The van der Waals surface area contributed by atoms with E-state index in [1.165, 1.54) is 12.8 Å². The average Bonchev–Trinajstić information content (AvgIpc) is 3.33. The topological polar surface area (TPSA) is 82.5 Å². The summed E-state index contributed by atoms with van der Waals surface area (Å²) >= 11 is 0. The van der Waals surface area contributed by atoms with E-state index >= 15 is 0 Å². The monoisotopic (exact) mass is 438 g/mol. The third-order valence-corrected chi connectivity index (χ3v) is 6.45. The van der Waals surface area contributed by atoms with E-state index in [1.807, 2.05) is 41.4 Å². The minimum absolute atomic E-state index is 0.0604. The summed E-state index contributed by atoms with van der Waals surface area (Å²) in [6.45, 7) is 5.85. The molecule has 2 aromatic rings. The summed E-state index contributed by atoms with van der Waals surface area (Å²) in [5.74, 6) is 0.809. The molecule has 0 bridgehead atoms. The second kappa shape index (κ2) is 10.6. The first-order chi connectivity index (χ1) is 15.6. The molecule has 1 aromatic carbocycles. The number of rotatable bonds is 6. The van der Waals surface area contributed by atoms with Gasteiger partial charge in [0.1, 0.15) is 0 Å². The van der Waals surface area contributed by atoms with E-state index in [0.29, 0.717) is 38.1 Å². The summed E-state index contributed by atoms with van der Waals surface area (Å²) in [6.07, 6.45) is 8.29. The molecule has 0 spiro atoms. The molecule has 8 nitrogen and oxygen atoms in total. The molecule has 32 heavy (non-hydrogen) atoms. The molecule has 2 heterocycles. The van der Waals surface area contributed by atoms with Gasteiger partial charge in [0.15, 0.2) is 0 Å². The lowest BCUT2D eigenvalue weighted by molar-refractivity contribution is -0.123. The van der Waals surface area contributed by atoms with Crippen molar-refractivity contribution in [1.82, 2.24) is 30.2 Å². The van der Waals surface area contributed by atoms with Crippen LogP contribution in [0.2, 0.25) is 0 Å². The van der Waals surface area contributed by atoms with E-state index in [0.717, 1.165) is 37.2 Å². The predicted octanol–water partition coefficient (Wildman–Crippen LogP) is 2.39. The van der Waals surface area contributed by atoms with Gasteiger partial charge >= 0.3 is 6.03 Å². The Kier molecular flexibility index (Phi) is 7.42. The number of piperazine rings is 1. The van der Waals surface area contributed by atoms with Crippen LogP contribution in [0.4, 0.5) is 4.79 Å². The minimum atomic E-state index is -0.0604. The van der Waals surface area contributed by atoms with Crippen molar-refractivity contribution in [3.63, 3.8) is 0 Å². The Hall–Kier alpha value is -2.87. The van der Waals surface area contributed by atoms with Crippen molar-refractivity contribution in [1.29, 1.82) is 0 Å². The van der Waals surface area contributed by atoms with Gasteiger partial charge in [-0.3, -0.25) is 9.69 Å². The lowest BCUT2D eigenvalue weighted by atomic mass is 9.87. The number of amides is 3. The second-order valence-corrected chi connectivity index (χ2v) is 9.08. The van der Waals surface area contributed by atoms with Gasteiger partial charge in [-0.1, -0.05) is 31.9 Å². The van der Waals surface area contributed by atoms with Crippen molar-refractivity contribution < 1.29 is 9.59 Å². The van der Waals surface area contributed by atoms with Gasteiger partial charge in [0.2, 0.25) is 5.91 Å². The minimum Gasteiger partial charge on any atom is -0.352 e. The van der Waals surface area contributed by atoms with E-state index in [-0.39, 0.29) is 11.9 Å². The molecular weight excluding hydrogens is 404 g/mol. The van der Waals surface area contributed by atoms with Crippen LogP contribution in [-0.4, -0.2) is 70.3 Å². The number of carbonyl (C=O) groups excluding carboxylic acids is 2. The summed E-state index contributed by atoms with van der Waals surface area (Å²) in [5, 5.41) is 10.5. The molecule has 2 aliphatic rings. The van der Waals surface area contributed by atoms with Crippen molar-refractivity contribution in [3.05, 3.63) is 48.3 Å². The van der Waals surface area contributed by atoms with E-state index in [4.69, 9.17) is 0 Å². The molecule has 0 radical (unpaired) electrons. The smallest absolute Gasteiger partial charge is 0.317 e. The SMILES string of the molecule is CC1CCCC(NC(=O)CN2CCN(C(=O)NCc3cccc(-n4cccn4)c3)CC2)C1. The number of hydrogen-bond acceptors (Lipinski definition) is 4. The van der Waals surface area contributed by atoms with Crippen LogP contribution in [-0.2, 0) is 11.3 Å². The van der Waals surface area contributed by atoms with Crippen molar-refractivity contribution in [3.8, 4) is 5.69 Å². The molecule has 4 rings (SSSR count). The third-order valence-electron chi connectivity index (χ3n) is 6.45. The van der Waals surface area contributed by atoms with Gasteiger partial charge in [-0.15, -0.1) is 0 Å². The molecular formula is C24H34N6O2. The Morgan fingerprint density at radius 3 is 2.72 bits per heavy atom. The number of carbonyl (C=O) groups is 2. The van der Waals surface area contributed by atoms with Crippen LogP contribution in [0, 0.1) is 5.92 Å². The number of nitrogens with one attached hydrogen (secondary N) is 2. The van der Waals surface area contributed by atoms with Crippen molar-refractivity contribution >= 4 is 11.9 Å². The van der Waals surface area contributed by atoms with Crippen LogP contribution in [0.5, 0.6) is 0 Å². The molecule has 172 valence electrons. The Morgan fingerprint density at radius 1 is 1.12 bits per heavy atom. The van der Waals surface area contributed by atoms with Crippen LogP contribution < -0.4 is 10.6 Å². The van der Waals surface area contributed by atoms with Crippen LogP contribution in [0.1, 0.15) is 38.2 Å². The zero-order valence-electron chi connectivity index (χ0n) is 18.9. The highest BCUT2D eigenvalue weighted by molar-refractivity contribution is 5.78. The van der Waals surface area contributed by atoms with Crippen molar-refractivity contribution in [2.24, 2.45) is 5.92 Å². The van der Waals surface area contributed by atoms with E-state index in [9.17, 15) is 9.59 Å². The Balaban J connectivity index is 1.18. The van der Waals surface area contributed by atoms with Crippen LogP contribution in [0.3, 0.4) is 0 Å². The highest BCUT2D eigenvalue weighted by Gasteiger charge is 2.24. The van der Waals surface area contributed by atoms with Crippen molar-refractivity contribution in [2.75, 3.05) is 32.7 Å². The average molecular weight is 439 g/mol. The summed E-state index contributed by atoms with van der Waals surface area (Å²) in [4.78, 5) is 29.0. The maximum atomic E-state index is 12.6. The van der Waals surface area contributed by atoms with Crippen LogP contribution in [0.25, 0.3) is 5.69 Å². The van der Waals surface area contributed by atoms with Gasteiger partial charge in [-0.2, -0.15) is 5.10 Å². The van der Waals surface area contributed by atoms with Crippen LogP contribution in [0.15, 0.2) is 42.7 Å². The quantitative estimate of drug-likeness (QED) is 0.726. The zero-order valence-corrected chi connectivity index (χ0v) is 18.9. The fourth-order valence-electron chi connectivity index (χ4n) is 4.67. The van der Waals surface area contributed by atoms with Gasteiger partial charge in [0.25, 0.3) is 0 Å². The summed E-state index contributed by atoms with van der Waals surface area (Å²) in [7, 11) is 0. The van der Waals surface area contributed by atoms with Gasteiger partial charge in [-0.05, 0) is 42.5 Å². The van der Waals surface area contributed by atoms with E-state index in [1.54, 1.807) is 10.9 Å². The summed E-state index contributed by atoms with van der Waals surface area (Å²) in [5.41, 5.74) is 2.00. The lowest BCUT2D eigenvalue weighted by Crippen LogP contribution is -2.54. The number of urea groups is 1. The normalized spacial score (nSPS) is 21.8. The second-order valence-electron chi connectivity index (χ2n) is 9.08. The predicted molar refractivity (Wildman–Crippen MR) is 123 cm³/mol. The highest BCUT2D eigenvalue weighted by Crippen LogP contribution is 2.23. The maximum absolute atomic E-state index is 12.6. The lowest BCUT2D eigenvalue weighted by Gasteiger charge is -2.35. The van der Waals surface area contributed by atoms with E-state index < -0.39 is 0 Å². The molecule has 2 unspecified atom stereocenters. The highest BCUT2D eigenvalue weighted by atomic mass is 16.2. The number of benzene rings is 1. The first-order valence-electron chi connectivity index (χ1n) is 11.7. The molecule has 1 saturated heterocycles. The first kappa shape index (κ1) is 22.3. The number of aromatic nitrogens is 2. The Bertz CT molecular complexity index is 892. The molecule has 1 aliphatic carbocycles. The summed E-state index contributed by atoms with van der Waals surface area (Å²) in [6, 6.07) is 10.1. The molecule has 1 aliphatic heterocycles. The van der Waals surface area contributed by atoms with Gasteiger partial charge in [-0.25, -0.2) is 9.48 Å². The fraction of sp³-hybridized carbons (Fsp3) is 0.542. The molecule has 2 fully saturated rings. The molecule has 1 saturated carbocycles. The molecule has 2 atom stereocenters. The molecule has 8 heteroatoms. The number of nitrogens with zero attached hydrogens (tertiary/aromatic N) is 4. The molecule has 2 N–H and O–H groups in total. The first-order valence-corrected chi connectivity index (χ1v) is 11.7. The van der Waals surface area contributed by atoms with E-state index in [2.05, 4.69) is 27.6 Å². The van der Waals surface area contributed by atoms with Gasteiger partial charge in [0.05, 0.1) is 12.2 Å². The van der Waals surface area contributed by atoms with Gasteiger partial charge < -0.3 is 15.5 Å². The standard InChI is InChI=1S/C24H34N6O2/c1-19-5-2-7-21(15-19)27-23(31)18-28-11-13-29(14-12-28)24(32)25-17-20-6-3-8-22(16-20)30-10-4-9-26-30/h3-4,6,8-10,16,19,21H,2,5,7,11-15,17-18H2,1H3,(H,25,32)(H,27,31). The Morgan fingerprint density at radius 2 is 1.97 bits per heavy atom.